The topological polar surface area (TPSA) is 21.6 Å². The fraction of sp³-hybridized carbons (Fsp3) is 0.188. The van der Waals surface area contributed by atoms with Crippen molar-refractivity contribution < 1.29 is 4.74 Å². The van der Waals surface area contributed by atoms with Crippen LogP contribution in [0.5, 0.6) is 5.75 Å². The van der Waals surface area contributed by atoms with Crippen molar-refractivity contribution in [3.05, 3.63) is 64.7 Å². The molecule has 2 nitrogen and oxygen atoms in total. The fourth-order valence-electron chi connectivity index (χ4n) is 1.95. The molecule has 2 aromatic carbocycles. The van der Waals surface area contributed by atoms with E-state index in [9.17, 15) is 0 Å². The summed E-state index contributed by atoms with van der Waals surface area (Å²) < 4.78 is 5.76. The molecule has 0 atom stereocenters. The van der Waals surface area contributed by atoms with Crippen LogP contribution >= 0.6 is 23.4 Å². The first-order chi connectivity index (χ1) is 9.81. The minimum Gasteiger partial charge on any atom is -0.489 e. The number of thioether (sulfide) groups is 1. The van der Waals surface area contributed by atoms with Gasteiger partial charge in [0.1, 0.15) is 12.4 Å². The Morgan fingerprint density at radius 2 is 1.80 bits per heavy atom. The SMILES string of the molecule is Clc1ccc(COc2ccc(C3=NCCS3)cc2)cc1. The van der Waals surface area contributed by atoms with E-state index < -0.39 is 0 Å². The van der Waals surface area contributed by atoms with Gasteiger partial charge in [0, 0.05) is 22.9 Å². The molecule has 0 unspecified atom stereocenters. The zero-order valence-electron chi connectivity index (χ0n) is 10.9. The van der Waals surface area contributed by atoms with Crippen LogP contribution in [0.1, 0.15) is 11.1 Å². The number of ether oxygens (including phenoxy) is 1. The van der Waals surface area contributed by atoms with E-state index in [1.54, 1.807) is 0 Å². The lowest BCUT2D eigenvalue weighted by molar-refractivity contribution is 0.306. The third kappa shape index (κ3) is 3.35. The molecule has 0 amide bonds. The number of benzene rings is 2. The zero-order valence-corrected chi connectivity index (χ0v) is 12.5. The van der Waals surface area contributed by atoms with Crippen molar-refractivity contribution in [1.29, 1.82) is 0 Å². The molecule has 1 aliphatic heterocycles. The Kier molecular flexibility index (Phi) is 4.28. The first kappa shape index (κ1) is 13.5. The van der Waals surface area contributed by atoms with Crippen LogP contribution in [0, 0.1) is 0 Å². The second-order valence-electron chi connectivity index (χ2n) is 4.47. The molecule has 0 saturated carbocycles. The van der Waals surface area contributed by atoms with Crippen molar-refractivity contribution in [3.8, 4) is 5.75 Å². The highest BCUT2D eigenvalue weighted by Gasteiger charge is 2.09. The Labute approximate surface area is 127 Å². The first-order valence-electron chi connectivity index (χ1n) is 6.46. The van der Waals surface area contributed by atoms with Crippen LogP contribution in [-0.4, -0.2) is 17.3 Å². The van der Waals surface area contributed by atoms with Crippen LogP contribution in [0.15, 0.2) is 53.5 Å². The predicted octanol–water partition coefficient (Wildman–Crippen LogP) is 4.41. The molecule has 0 spiro atoms. The number of halogens is 1. The molecular formula is C16H14ClNOS. The largest absolute Gasteiger partial charge is 0.489 e. The van der Waals surface area contributed by atoms with Crippen molar-refractivity contribution in [2.75, 3.05) is 12.3 Å². The lowest BCUT2D eigenvalue weighted by Gasteiger charge is -2.07. The minimum atomic E-state index is 0.548. The van der Waals surface area contributed by atoms with Crippen molar-refractivity contribution >= 4 is 28.4 Å². The maximum absolute atomic E-state index is 5.85. The van der Waals surface area contributed by atoms with Crippen LogP contribution < -0.4 is 4.74 Å². The number of aliphatic imine (C=N–C) groups is 1. The third-order valence-corrected chi connectivity index (χ3v) is 4.28. The van der Waals surface area contributed by atoms with Gasteiger partial charge in [-0.2, -0.15) is 0 Å². The van der Waals surface area contributed by atoms with E-state index in [0.717, 1.165) is 33.7 Å². The normalized spacial score (nSPS) is 14.2. The van der Waals surface area contributed by atoms with Crippen LogP contribution in [0.4, 0.5) is 0 Å². The second kappa shape index (κ2) is 6.33. The summed E-state index contributed by atoms with van der Waals surface area (Å²) in [4.78, 5) is 4.46. The second-order valence-corrected chi connectivity index (χ2v) is 5.99. The standard InChI is InChI=1S/C16H14ClNOS/c17-14-5-1-12(2-6-14)11-19-15-7-3-13(4-8-15)16-18-9-10-20-16/h1-8H,9-11H2. The number of hydrogen-bond acceptors (Lipinski definition) is 3. The van der Waals surface area contributed by atoms with E-state index in [-0.39, 0.29) is 0 Å². The van der Waals surface area contributed by atoms with E-state index in [1.807, 2.05) is 48.2 Å². The molecule has 1 aliphatic rings. The Morgan fingerprint density at radius 3 is 2.45 bits per heavy atom. The smallest absolute Gasteiger partial charge is 0.119 e. The molecule has 0 bridgehead atoms. The van der Waals surface area contributed by atoms with Gasteiger partial charge < -0.3 is 4.74 Å². The summed E-state index contributed by atoms with van der Waals surface area (Å²) in [7, 11) is 0. The van der Waals surface area contributed by atoms with E-state index in [2.05, 4.69) is 17.1 Å². The summed E-state index contributed by atoms with van der Waals surface area (Å²) >= 11 is 7.66. The predicted molar refractivity (Wildman–Crippen MR) is 86.1 cm³/mol. The van der Waals surface area contributed by atoms with Gasteiger partial charge >= 0.3 is 0 Å². The van der Waals surface area contributed by atoms with Gasteiger partial charge in [0.25, 0.3) is 0 Å². The van der Waals surface area contributed by atoms with Gasteiger partial charge in [-0.3, -0.25) is 4.99 Å². The van der Waals surface area contributed by atoms with Gasteiger partial charge in [-0.1, -0.05) is 23.7 Å². The summed E-state index contributed by atoms with van der Waals surface area (Å²) in [6, 6.07) is 15.8. The van der Waals surface area contributed by atoms with Gasteiger partial charge in [0.05, 0.1) is 5.04 Å². The molecule has 3 rings (SSSR count). The molecule has 0 aliphatic carbocycles. The molecule has 0 fully saturated rings. The highest BCUT2D eigenvalue weighted by Crippen LogP contribution is 2.22. The fourth-order valence-corrected chi connectivity index (χ4v) is 2.94. The summed E-state index contributed by atoms with van der Waals surface area (Å²) in [5, 5.41) is 1.88. The van der Waals surface area contributed by atoms with E-state index in [0.29, 0.717) is 6.61 Å². The van der Waals surface area contributed by atoms with Gasteiger partial charge in [-0.15, -0.1) is 11.8 Å². The summed E-state index contributed by atoms with van der Waals surface area (Å²) in [5.74, 6) is 1.96. The Bertz CT molecular complexity index is 607. The average Bonchev–Trinajstić information content (AvgIpc) is 3.01. The Balaban J connectivity index is 1.62. The molecule has 4 heteroatoms. The molecule has 0 saturated heterocycles. The number of rotatable bonds is 4. The summed E-state index contributed by atoms with van der Waals surface area (Å²) in [6.07, 6.45) is 0. The van der Waals surface area contributed by atoms with E-state index >= 15 is 0 Å². The third-order valence-electron chi connectivity index (χ3n) is 3.01. The van der Waals surface area contributed by atoms with Crippen LogP contribution in [0.3, 0.4) is 0 Å². The van der Waals surface area contributed by atoms with Crippen molar-refractivity contribution in [2.45, 2.75) is 6.61 Å². The summed E-state index contributed by atoms with van der Waals surface area (Å²) in [5.41, 5.74) is 2.28. The monoisotopic (exact) mass is 303 g/mol. The maximum Gasteiger partial charge on any atom is 0.119 e. The Morgan fingerprint density at radius 1 is 1.05 bits per heavy atom. The van der Waals surface area contributed by atoms with E-state index in [4.69, 9.17) is 16.3 Å². The van der Waals surface area contributed by atoms with Gasteiger partial charge in [-0.05, 0) is 42.0 Å². The maximum atomic E-state index is 5.85. The van der Waals surface area contributed by atoms with Crippen molar-refractivity contribution in [1.82, 2.24) is 0 Å². The molecule has 1 heterocycles. The highest BCUT2D eigenvalue weighted by atomic mass is 35.5. The van der Waals surface area contributed by atoms with Crippen LogP contribution in [0.2, 0.25) is 5.02 Å². The average molecular weight is 304 g/mol. The Hall–Kier alpha value is -1.45. The molecule has 0 N–H and O–H groups in total. The molecule has 0 aromatic heterocycles. The van der Waals surface area contributed by atoms with Crippen molar-refractivity contribution in [2.24, 2.45) is 4.99 Å². The van der Waals surface area contributed by atoms with Crippen LogP contribution in [-0.2, 0) is 6.61 Å². The minimum absolute atomic E-state index is 0.548. The van der Waals surface area contributed by atoms with Crippen molar-refractivity contribution in [3.63, 3.8) is 0 Å². The number of nitrogens with zero attached hydrogens (tertiary/aromatic N) is 1. The van der Waals surface area contributed by atoms with Crippen LogP contribution in [0.25, 0.3) is 0 Å². The molecule has 0 radical (unpaired) electrons. The quantitative estimate of drug-likeness (QED) is 0.834. The molecule has 2 aromatic rings. The van der Waals surface area contributed by atoms with E-state index in [1.165, 1.54) is 5.56 Å². The summed E-state index contributed by atoms with van der Waals surface area (Å²) in [6.45, 7) is 1.47. The molecule has 20 heavy (non-hydrogen) atoms. The zero-order chi connectivity index (χ0) is 13.8. The number of hydrogen-bond donors (Lipinski definition) is 0. The molecule has 102 valence electrons. The first-order valence-corrected chi connectivity index (χ1v) is 7.82. The van der Waals surface area contributed by atoms with Gasteiger partial charge in [-0.25, -0.2) is 0 Å². The highest BCUT2D eigenvalue weighted by molar-refractivity contribution is 8.14. The van der Waals surface area contributed by atoms with Gasteiger partial charge in [0.2, 0.25) is 0 Å². The lowest BCUT2D eigenvalue weighted by Crippen LogP contribution is -1.96. The lowest BCUT2D eigenvalue weighted by atomic mass is 10.2. The van der Waals surface area contributed by atoms with Gasteiger partial charge in [0.15, 0.2) is 0 Å². The molecular weight excluding hydrogens is 290 g/mol.